The molecule has 2 N–H and O–H groups in total. The summed E-state index contributed by atoms with van der Waals surface area (Å²) in [6.45, 7) is 8.40. The van der Waals surface area contributed by atoms with E-state index >= 15 is 0 Å². The van der Waals surface area contributed by atoms with Crippen LogP contribution in [0.5, 0.6) is 0 Å². The Labute approximate surface area is 113 Å². The van der Waals surface area contributed by atoms with Crippen molar-refractivity contribution in [2.24, 2.45) is 5.73 Å². The zero-order chi connectivity index (χ0) is 14.2. The Bertz CT molecular complexity index is 621. The lowest BCUT2D eigenvalue weighted by atomic mass is 9.88. The fourth-order valence-corrected chi connectivity index (χ4v) is 2.20. The Morgan fingerprint density at radius 1 is 1.26 bits per heavy atom. The van der Waals surface area contributed by atoms with Gasteiger partial charge in [-0.3, -0.25) is 4.79 Å². The van der Waals surface area contributed by atoms with Gasteiger partial charge in [0.1, 0.15) is 0 Å². The molecular weight excluding hydrogens is 238 g/mol. The molecule has 1 aromatic carbocycles. The molecule has 0 unspecified atom stereocenters. The number of benzene rings is 1. The summed E-state index contributed by atoms with van der Waals surface area (Å²) >= 11 is 0. The number of aryl methyl sites for hydroxylation is 1. The van der Waals surface area contributed by atoms with Crippen molar-refractivity contribution in [1.29, 1.82) is 0 Å². The van der Waals surface area contributed by atoms with Crippen molar-refractivity contribution in [3.05, 3.63) is 47.3 Å². The molecule has 2 aromatic rings. The van der Waals surface area contributed by atoms with E-state index in [1.54, 1.807) is 16.8 Å². The molecule has 19 heavy (non-hydrogen) atoms. The largest absolute Gasteiger partial charge is 0.366 e. The van der Waals surface area contributed by atoms with Gasteiger partial charge in [-0.25, -0.2) is 4.68 Å². The molecule has 0 aliphatic carbocycles. The fourth-order valence-electron chi connectivity index (χ4n) is 2.20. The van der Waals surface area contributed by atoms with E-state index in [2.05, 4.69) is 25.9 Å². The van der Waals surface area contributed by atoms with Crippen LogP contribution in [0.25, 0.3) is 5.69 Å². The number of rotatable bonds is 2. The summed E-state index contributed by atoms with van der Waals surface area (Å²) in [6.07, 6.45) is 1.97. The first-order chi connectivity index (χ1) is 8.80. The summed E-state index contributed by atoms with van der Waals surface area (Å²) < 4.78 is 1.73. The number of hydrogen-bond acceptors (Lipinski definition) is 2. The fraction of sp³-hybridized carbons (Fsp3) is 0.333. The predicted octanol–water partition coefficient (Wildman–Crippen LogP) is 2.58. The second kappa shape index (κ2) is 4.53. The molecule has 4 nitrogen and oxygen atoms in total. The molecule has 4 heteroatoms. The Balaban J connectivity index is 2.58. The summed E-state index contributed by atoms with van der Waals surface area (Å²) in [5.41, 5.74) is 8.74. The van der Waals surface area contributed by atoms with Crippen LogP contribution in [-0.2, 0) is 5.41 Å². The van der Waals surface area contributed by atoms with E-state index in [9.17, 15) is 4.79 Å². The molecule has 0 saturated carbocycles. The highest BCUT2D eigenvalue weighted by Crippen LogP contribution is 2.26. The number of carbonyl (C=O) groups excluding carboxylic acids is 1. The zero-order valence-corrected chi connectivity index (χ0v) is 11.8. The average molecular weight is 257 g/mol. The standard InChI is InChI=1S/C15H19N3O/c1-10-12(15(2,3)4)9-18(17-10)13-8-6-5-7-11(13)14(16)19/h5-9H,1-4H3,(H2,16,19). The van der Waals surface area contributed by atoms with E-state index in [1.165, 1.54) is 0 Å². The van der Waals surface area contributed by atoms with Crippen molar-refractivity contribution in [1.82, 2.24) is 9.78 Å². The first kappa shape index (κ1) is 13.3. The third kappa shape index (κ3) is 2.52. The number of carbonyl (C=O) groups is 1. The lowest BCUT2D eigenvalue weighted by Gasteiger charge is -2.16. The van der Waals surface area contributed by atoms with Crippen LogP contribution in [0.2, 0.25) is 0 Å². The number of amides is 1. The predicted molar refractivity (Wildman–Crippen MR) is 75.5 cm³/mol. The Kier molecular flexibility index (Phi) is 3.18. The first-order valence-corrected chi connectivity index (χ1v) is 6.26. The normalized spacial score (nSPS) is 11.6. The molecule has 2 rings (SSSR count). The highest BCUT2D eigenvalue weighted by Gasteiger charge is 2.20. The molecule has 0 bridgehead atoms. The van der Waals surface area contributed by atoms with Gasteiger partial charge in [-0.15, -0.1) is 0 Å². The van der Waals surface area contributed by atoms with Gasteiger partial charge in [-0.05, 0) is 30.0 Å². The van der Waals surface area contributed by atoms with Crippen molar-refractivity contribution >= 4 is 5.91 Å². The average Bonchev–Trinajstić information content (AvgIpc) is 2.71. The van der Waals surface area contributed by atoms with E-state index in [4.69, 9.17) is 5.73 Å². The number of hydrogen-bond donors (Lipinski definition) is 1. The SMILES string of the molecule is Cc1nn(-c2ccccc2C(N)=O)cc1C(C)(C)C. The molecule has 1 aromatic heterocycles. The molecular formula is C15H19N3O. The molecule has 1 heterocycles. The van der Waals surface area contributed by atoms with Gasteiger partial charge in [0.15, 0.2) is 0 Å². The smallest absolute Gasteiger partial charge is 0.250 e. The van der Waals surface area contributed by atoms with Gasteiger partial charge in [-0.1, -0.05) is 32.9 Å². The summed E-state index contributed by atoms with van der Waals surface area (Å²) in [4.78, 5) is 11.5. The van der Waals surface area contributed by atoms with Gasteiger partial charge in [0.2, 0.25) is 0 Å². The summed E-state index contributed by atoms with van der Waals surface area (Å²) in [5.74, 6) is -0.443. The summed E-state index contributed by atoms with van der Waals surface area (Å²) in [6, 6.07) is 7.23. The molecule has 0 radical (unpaired) electrons. The maximum Gasteiger partial charge on any atom is 0.250 e. The van der Waals surface area contributed by atoms with E-state index in [-0.39, 0.29) is 5.41 Å². The van der Waals surface area contributed by atoms with Gasteiger partial charge in [-0.2, -0.15) is 5.10 Å². The van der Waals surface area contributed by atoms with Crippen LogP contribution in [0.15, 0.2) is 30.5 Å². The van der Waals surface area contributed by atoms with Gasteiger partial charge >= 0.3 is 0 Å². The third-order valence-corrected chi connectivity index (χ3v) is 3.12. The zero-order valence-electron chi connectivity index (χ0n) is 11.8. The van der Waals surface area contributed by atoms with Crippen molar-refractivity contribution in [3.8, 4) is 5.69 Å². The third-order valence-electron chi connectivity index (χ3n) is 3.12. The van der Waals surface area contributed by atoms with Crippen LogP contribution in [-0.4, -0.2) is 15.7 Å². The molecule has 1 amide bonds. The highest BCUT2D eigenvalue weighted by atomic mass is 16.1. The number of primary amides is 1. The Hall–Kier alpha value is -2.10. The minimum Gasteiger partial charge on any atom is -0.366 e. The lowest BCUT2D eigenvalue weighted by Crippen LogP contribution is -2.15. The van der Waals surface area contributed by atoms with Crippen LogP contribution in [0.4, 0.5) is 0 Å². The van der Waals surface area contributed by atoms with E-state index in [0.29, 0.717) is 11.3 Å². The van der Waals surface area contributed by atoms with Crippen molar-refractivity contribution < 1.29 is 4.79 Å². The number of nitrogens with two attached hydrogens (primary N) is 1. The minimum absolute atomic E-state index is 0.0179. The van der Waals surface area contributed by atoms with Gasteiger partial charge in [0, 0.05) is 6.20 Å². The molecule has 0 saturated heterocycles. The van der Waals surface area contributed by atoms with E-state index in [0.717, 1.165) is 11.3 Å². The number of para-hydroxylation sites is 1. The minimum atomic E-state index is -0.443. The van der Waals surface area contributed by atoms with Gasteiger partial charge in [0.05, 0.1) is 16.9 Å². The van der Waals surface area contributed by atoms with Crippen molar-refractivity contribution in [3.63, 3.8) is 0 Å². The molecule has 0 aliphatic rings. The quantitative estimate of drug-likeness (QED) is 0.898. The highest BCUT2D eigenvalue weighted by molar-refractivity contribution is 5.96. The molecule has 0 atom stereocenters. The number of nitrogens with zero attached hydrogens (tertiary/aromatic N) is 2. The molecule has 0 aliphatic heterocycles. The van der Waals surface area contributed by atoms with Crippen LogP contribution >= 0.6 is 0 Å². The monoisotopic (exact) mass is 257 g/mol. The molecule has 0 spiro atoms. The van der Waals surface area contributed by atoms with E-state index in [1.807, 2.05) is 25.3 Å². The summed E-state index contributed by atoms with van der Waals surface area (Å²) in [7, 11) is 0. The number of aromatic nitrogens is 2. The Morgan fingerprint density at radius 2 is 1.89 bits per heavy atom. The van der Waals surface area contributed by atoms with Crippen molar-refractivity contribution in [2.45, 2.75) is 33.1 Å². The van der Waals surface area contributed by atoms with Crippen LogP contribution < -0.4 is 5.73 Å². The second-order valence-corrected chi connectivity index (χ2v) is 5.70. The van der Waals surface area contributed by atoms with Crippen LogP contribution in [0.3, 0.4) is 0 Å². The van der Waals surface area contributed by atoms with Crippen LogP contribution in [0.1, 0.15) is 42.4 Å². The summed E-state index contributed by atoms with van der Waals surface area (Å²) in [5, 5.41) is 4.50. The van der Waals surface area contributed by atoms with Gasteiger partial charge < -0.3 is 5.73 Å². The maximum atomic E-state index is 11.5. The second-order valence-electron chi connectivity index (χ2n) is 5.70. The topological polar surface area (TPSA) is 60.9 Å². The molecule has 0 fully saturated rings. The Morgan fingerprint density at radius 3 is 2.42 bits per heavy atom. The van der Waals surface area contributed by atoms with Crippen LogP contribution in [0, 0.1) is 6.92 Å². The van der Waals surface area contributed by atoms with Gasteiger partial charge in [0.25, 0.3) is 5.91 Å². The van der Waals surface area contributed by atoms with Crippen molar-refractivity contribution in [2.75, 3.05) is 0 Å². The first-order valence-electron chi connectivity index (χ1n) is 6.26. The lowest BCUT2D eigenvalue weighted by molar-refractivity contribution is 0.1000. The maximum absolute atomic E-state index is 11.5. The molecule has 100 valence electrons. The van der Waals surface area contributed by atoms with E-state index < -0.39 is 5.91 Å².